The third-order valence-electron chi connectivity index (χ3n) is 5.09. The molecule has 0 saturated carbocycles. The Morgan fingerprint density at radius 1 is 0.774 bits per heavy atom. The maximum atomic E-state index is 10.2. The van der Waals surface area contributed by atoms with E-state index in [1.54, 1.807) is 12.3 Å². The fourth-order valence-corrected chi connectivity index (χ4v) is 4.16. The molecule has 0 aliphatic rings. The number of aromatic hydroxyl groups is 1. The van der Waals surface area contributed by atoms with Gasteiger partial charge in [-0.2, -0.15) is 5.10 Å². The topological polar surface area (TPSA) is 57.5 Å². The van der Waals surface area contributed by atoms with Gasteiger partial charge in [-0.3, -0.25) is 5.43 Å². The second kappa shape index (κ2) is 8.42. The maximum absolute atomic E-state index is 10.2. The van der Waals surface area contributed by atoms with Crippen molar-refractivity contribution in [2.45, 2.75) is 0 Å². The Labute approximate surface area is 184 Å². The second-order valence-corrected chi connectivity index (χ2v) is 7.93. The molecule has 5 heteroatoms. The van der Waals surface area contributed by atoms with Crippen molar-refractivity contribution in [1.82, 2.24) is 4.98 Å². The summed E-state index contributed by atoms with van der Waals surface area (Å²) in [6.45, 7) is 0. The van der Waals surface area contributed by atoms with Crippen LogP contribution in [-0.4, -0.2) is 16.3 Å². The fourth-order valence-electron chi connectivity index (χ4n) is 3.49. The average molecular weight is 422 g/mol. The molecule has 0 aliphatic carbocycles. The van der Waals surface area contributed by atoms with Crippen LogP contribution < -0.4 is 5.43 Å². The number of thiazole rings is 1. The summed E-state index contributed by atoms with van der Waals surface area (Å²) in [5.74, 6) is 0.197. The van der Waals surface area contributed by atoms with E-state index in [-0.39, 0.29) is 5.75 Å². The molecule has 1 heterocycles. The van der Waals surface area contributed by atoms with Gasteiger partial charge in [0.2, 0.25) is 5.13 Å². The number of anilines is 1. The maximum Gasteiger partial charge on any atom is 0.203 e. The molecule has 0 spiro atoms. The van der Waals surface area contributed by atoms with Crippen molar-refractivity contribution >= 4 is 33.5 Å². The molecule has 0 saturated heterocycles. The Morgan fingerprint density at radius 3 is 2.32 bits per heavy atom. The molecule has 4 aromatic carbocycles. The van der Waals surface area contributed by atoms with E-state index in [9.17, 15) is 5.11 Å². The van der Waals surface area contributed by atoms with Crippen LogP contribution >= 0.6 is 11.3 Å². The molecule has 1 aromatic heterocycles. The van der Waals surface area contributed by atoms with Gasteiger partial charge in [-0.1, -0.05) is 84.9 Å². The van der Waals surface area contributed by atoms with Gasteiger partial charge in [-0.05, 0) is 28.0 Å². The van der Waals surface area contributed by atoms with Gasteiger partial charge in [0.25, 0.3) is 0 Å². The molecule has 150 valence electrons. The van der Waals surface area contributed by atoms with E-state index in [1.807, 2.05) is 53.9 Å². The van der Waals surface area contributed by atoms with Crippen molar-refractivity contribution in [2.75, 3.05) is 5.43 Å². The van der Waals surface area contributed by atoms with Crippen LogP contribution in [-0.2, 0) is 0 Å². The van der Waals surface area contributed by atoms with E-state index >= 15 is 0 Å². The van der Waals surface area contributed by atoms with Gasteiger partial charge in [-0.25, -0.2) is 4.98 Å². The Hall–Kier alpha value is -3.96. The molecule has 0 radical (unpaired) electrons. The minimum Gasteiger partial charge on any atom is -0.507 e. The zero-order valence-corrected chi connectivity index (χ0v) is 17.4. The number of hydrazone groups is 1. The van der Waals surface area contributed by atoms with E-state index in [2.05, 4.69) is 51.9 Å². The van der Waals surface area contributed by atoms with Crippen molar-refractivity contribution < 1.29 is 5.11 Å². The fraction of sp³-hybridized carbons (Fsp3) is 0. The quantitative estimate of drug-likeness (QED) is 0.243. The van der Waals surface area contributed by atoms with Gasteiger partial charge >= 0.3 is 0 Å². The number of phenolic OH excluding ortho intramolecular Hbond substituents is 1. The lowest BCUT2D eigenvalue weighted by atomic mass is 10.0. The Bertz CT molecular complexity index is 1360. The molecule has 0 fully saturated rings. The Kier molecular flexibility index (Phi) is 5.17. The van der Waals surface area contributed by atoms with Gasteiger partial charge in [0.1, 0.15) is 5.75 Å². The minimum atomic E-state index is 0.197. The summed E-state index contributed by atoms with van der Waals surface area (Å²) in [4.78, 5) is 4.63. The number of nitrogens with one attached hydrogen (secondary N) is 1. The van der Waals surface area contributed by atoms with Crippen LogP contribution in [0.2, 0.25) is 0 Å². The van der Waals surface area contributed by atoms with Crippen molar-refractivity contribution in [3.05, 3.63) is 102 Å². The third-order valence-corrected chi connectivity index (χ3v) is 5.84. The standard InChI is InChI=1S/C26H19N3OS/c30-25-15-14-20-8-4-5-9-22(20)23(25)16-27-29-26-28-24(17-31-26)21-12-10-19(11-13-21)18-6-2-1-3-7-18/h1-17,30H,(H,28,29)/b27-16+. The van der Waals surface area contributed by atoms with Gasteiger partial charge in [0, 0.05) is 16.5 Å². The number of aromatic nitrogens is 1. The first kappa shape index (κ1) is 19.0. The molecule has 0 amide bonds. The number of benzene rings is 4. The number of nitrogens with zero attached hydrogens (tertiary/aromatic N) is 2. The highest BCUT2D eigenvalue weighted by Crippen LogP contribution is 2.28. The van der Waals surface area contributed by atoms with Crippen LogP contribution in [0.25, 0.3) is 33.2 Å². The minimum absolute atomic E-state index is 0.197. The molecule has 0 bridgehead atoms. The van der Waals surface area contributed by atoms with Crippen molar-refractivity contribution in [3.63, 3.8) is 0 Å². The molecule has 5 aromatic rings. The van der Waals surface area contributed by atoms with Gasteiger partial charge in [-0.15, -0.1) is 11.3 Å². The van der Waals surface area contributed by atoms with Gasteiger partial charge in [0.15, 0.2) is 0 Å². The molecule has 5 rings (SSSR count). The summed E-state index contributed by atoms with van der Waals surface area (Å²) < 4.78 is 0. The number of phenols is 1. The SMILES string of the molecule is Oc1ccc2ccccc2c1/C=N/Nc1nc(-c2ccc(-c3ccccc3)cc2)cs1. The van der Waals surface area contributed by atoms with Crippen LogP contribution in [0.4, 0.5) is 5.13 Å². The van der Waals surface area contributed by atoms with Crippen LogP contribution in [0.3, 0.4) is 0 Å². The molecular formula is C26H19N3OS. The highest BCUT2D eigenvalue weighted by Gasteiger charge is 2.06. The molecule has 2 N–H and O–H groups in total. The summed E-state index contributed by atoms with van der Waals surface area (Å²) in [6, 6.07) is 30.2. The van der Waals surface area contributed by atoms with Crippen LogP contribution in [0, 0.1) is 0 Å². The van der Waals surface area contributed by atoms with Crippen molar-refractivity contribution in [2.24, 2.45) is 5.10 Å². The largest absolute Gasteiger partial charge is 0.507 e. The number of hydrogen-bond donors (Lipinski definition) is 2. The van der Waals surface area contributed by atoms with E-state index in [0.717, 1.165) is 22.0 Å². The highest BCUT2D eigenvalue weighted by atomic mass is 32.1. The van der Waals surface area contributed by atoms with E-state index in [0.29, 0.717) is 10.7 Å². The predicted octanol–water partition coefficient (Wildman–Crippen LogP) is 6.78. The lowest BCUT2D eigenvalue weighted by Gasteiger charge is -2.04. The molecule has 31 heavy (non-hydrogen) atoms. The first-order chi connectivity index (χ1) is 15.3. The van der Waals surface area contributed by atoms with Gasteiger partial charge in [0.05, 0.1) is 11.9 Å². The van der Waals surface area contributed by atoms with E-state index < -0.39 is 0 Å². The second-order valence-electron chi connectivity index (χ2n) is 7.07. The Balaban J connectivity index is 1.32. The first-order valence-electron chi connectivity index (χ1n) is 9.89. The first-order valence-corrected chi connectivity index (χ1v) is 10.8. The smallest absolute Gasteiger partial charge is 0.203 e. The molecule has 0 aliphatic heterocycles. The highest BCUT2D eigenvalue weighted by molar-refractivity contribution is 7.14. The molecular weight excluding hydrogens is 402 g/mol. The number of hydrogen-bond acceptors (Lipinski definition) is 5. The molecule has 0 atom stereocenters. The summed E-state index contributed by atoms with van der Waals surface area (Å²) in [6.07, 6.45) is 1.63. The normalized spacial score (nSPS) is 11.2. The van der Waals surface area contributed by atoms with E-state index in [4.69, 9.17) is 0 Å². The zero-order chi connectivity index (χ0) is 21.0. The van der Waals surface area contributed by atoms with Crippen LogP contribution in [0.5, 0.6) is 5.75 Å². The molecule has 4 nitrogen and oxygen atoms in total. The Morgan fingerprint density at radius 2 is 1.48 bits per heavy atom. The summed E-state index contributed by atoms with van der Waals surface area (Å²) in [5, 5.41) is 19.2. The van der Waals surface area contributed by atoms with Gasteiger partial charge < -0.3 is 5.11 Å². The summed E-state index contributed by atoms with van der Waals surface area (Å²) >= 11 is 1.49. The van der Waals surface area contributed by atoms with E-state index in [1.165, 1.54) is 22.5 Å². The lowest BCUT2D eigenvalue weighted by molar-refractivity contribution is 0.475. The average Bonchev–Trinajstić information content (AvgIpc) is 3.30. The zero-order valence-electron chi connectivity index (χ0n) is 16.6. The summed E-state index contributed by atoms with van der Waals surface area (Å²) in [5.41, 5.74) is 7.98. The molecule has 0 unspecified atom stereocenters. The van der Waals surface area contributed by atoms with Crippen molar-refractivity contribution in [3.8, 4) is 28.1 Å². The number of fused-ring (bicyclic) bond motifs is 1. The van der Waals surface area contributed by atoms with Crippen LogP contribution in [0.15, 0.2) is 101 Å². The lowest BCUT2D eigenvalue weighted by Crippen LogP contribution is -1.92. The monoisotopic (exact) mass is 421 g/mol. The predicted molar refractivity (Wildman–Crippen MR) is 130 cm³/mol. The number of rotatable bonds is 5. The van der Waals surface area contributed by atoms with Crippen molar-refractivity contribution in [1.29, 1.82) is 0 Å². The van der Waals surface area contributed by atoms with Crippen LogP contribution in [0.1, 0.15) is 5.56 Å². The summed E-state index contributed by atoms with van der Waals surface area (Å²) in [7, 11) is 0. The third kappa shape index (κ3) is 4.04.